The predicted octanol–water partition coefficient (Wildman–Crippen LogP) is 7.72. The maximum Gasteiger partial charge on any atom is 0.260 e. The van der Waals surface area contributed by atoms with Gasteiger partial charge in [-0.2, -0.15) is 0 Å². The van der Waals surface area contributed by atoms with Crippen molar-refractivity contribution in [2.45, 2.75) is 39.3 Å². The molecule has 1 N–H and O–H groups in total. The van der Waals surface area contributed by atoms with Crippen molar-refractivity contribution in [2.24, 2.45) is 0 Å². The van der Waals surface area contributed by atoms with Gasteiger partial charge in [-0.25, -0.2) is 4.98 Å². The zero-order chi connectivity index (χ0) is 28.4. The quantitative estimate of drug-likeness (QED) is 0.0853. The van der Waals surface area contributed by atoms with Crippen LogP contribution in [0.4, 0.5) is 0 Å². The smallest absolute Gasteiger partial charge is 0.260 e. The van der Waals surface area contributed by atoms with Crippen molar-refractivity contribution in [3.05, 3.63) is 105 Å². The molecular weight excluding hydrogens is 538 g/mol. The second kappa shape index (κ2) is 11.4. The number of imidazole rings is 1. The van der Waals surface area contributed by atoms with Crippen molar-refractivity contribution in [1.82, 2.24) is 14.5 Å². The Morgan fingerprint density at radius 1 is 1.07 bits per heavy atom. The number of benzene rings is 3. The van der Waals surface area contributed by atoms with E-state index in [1.165, 1.54) is 6.08 Å². The van der Waals surface area contributed by atoms with Crippen molar-refractivity contribution in [3.8, 4) is 11.1 Å². The summed E-state index contributed by atoms with van der Waals surface area (Å²) >= 11 is 6.32. The fraction of sp³-hybridized carbons (Fsp3) is 0.219. The second-order valence-corrected chi connectivity index (χ2v) is 17.3. The number of allylic oxidation sites excluding steroid dienone is 1. The van der Waals surface area contributed by atoms with Crippen LogP contribution in [0.2, 0.25) is 30.7 Å². The molecule has 0 radical (unpaired) electrons. The lowest BCUT2D eigenvalue weighted by Crippen LogP contribution is -2.22. The van der Waals surface area contributed by atoms with E-state index in [9.17, 15) is 9.59 Å². The maximum absolute atomic E-state index is 13.7. The summed E-state index contributed by atoms with van der Waals surface area (Å²) in [5.74, 6) is 0.167. The summed E-state index contributed by atoms with van der Waals surface area (Å²) in [5.41, 5.74) is 4.37. The number of fused-ring (bicyclic) bond motifs is 2. The van der Waals surface area contributed by atoms with Gasteiger partial charge in [-0.05, 0) is 66.6 Å². The van der Waals surface area contributed by atoms with E-state index >= 15 is 0 Å². The number of aromatic nitrogens is 3. The van der Waals surface area contributed by atoms with Crippen LogP contribution in [-0.4, -0.2) is 35.0 Å². The fourth-order valence-corrected chi connectivity index (χ4v) is 5.62. The minimum atomic E-state index is -1.23. The third-order valence-electron chi connectivity index (χ3n) is 6.82. The molecule has 40 heavy (non-hydrogen) atoms. The number of ether oxygens (including phenoxy) is 1. The first-order valence-electron chi connectivity index (χ1n) is 13.3. The number of rotatable bonds is 9. The summed E-state index contributed by atoms with van der Waals surface area (Å²) in [6.45, 7) is 9.96. The lowest BCUT2D eigenvalue weighted by atomic mass is 9.94. The molecule has 5 aromatic rings. The van der Waals surface area contributed by atoms with Gasteiger partial charge in [-0.3, -0.25) is 9.59 Å². The number of pyridine rings is 1. The molecular formula is C32H32ClN3O3Si. The van der Waals surface area contributed by atoms with Crippen LogP contribution in [0.3, 0.4) is 0 Å². The first kappa shape index (κ1) is 27.8. The average molecular weight is 570 g/mol. The highest BCUT2D eigenvalue weighted by Crippen LogP contribution is 2.32. The molecule has 6 nitrogen and oxygen atoms in total. The molecule has 0 spiro atoms. The van der Waals surface area contributed by atoms with E-state index in [-0.39, 0.29) is 5.56 Å². The SMILES string of the molecule is Cc1ccc2c(c1)nc(/C=C/C(=O)c1c(-c3ccccc3)c3cc(Cl)ccc3[nH]c1=O)n2COCC[Si](C)(C)C. The Kier molecular flexibility index (Phi) is 7.89. The van der Waals surface area contributed by atoms with Gasteiger partial charge in [0, 0.05) is 36.2 Å². The molecule has 8 heteroatoms. The fourth-order valence-electron chi connectivity index (χ4n) is 4.69. The number of carbonyl (C=O) groups excluding carboxylic acids is 1. The molecule has 5 rings (SSSR count). The Balaban J connectivity index is 1.56. The molecule has 2 aromatic heterocycles. The molecule has 204 valence electrons. The molecule has 2 heterocycles. The Hall–Kier alpha value is -3.78. The summed E-state index contributed by atoms with van der Waals surface area (Å²) in [4.78, 5) is 34.6. The Labute approximate surface area is 239 Å². The lowest BCUT2D eigenvalue weighted by Gasteiger charge is -2.16. The molecule has 0 aliphatic heterocycles. The number of hydrogen-bond acceptors (Lipinski definition) is 4. The predicted molar refractivity (Wildman–Crippen MR) is 167 cm³/mol. The largest absolute Gasteiger partial charge is 0.361 e. The number of carbonyl (C=O) groups is 1. The van der Waals surface area contributed by atoms with Crippen molar-refractivity contribution < 1.29 is 9.53 Å². The summed E-state index contributed by atoms with van der Waals surface area (Å²) in [6.07, 6.45) is 3.08. The minimum Gasteiger partial charge on any atom is -0.361 e. The van der Waals surface area contributed by atoms with Crippen LogP contribution in [0.25, 0.3) is 39.1 Å². The summed E-state index contributed by atoms with van der Waals surface area (Å²) in [6, 6.07) is 21.8. The number of hydrogen-bond donors (Lipinski definition) is 1. The van der Waals surface area contributed by atoms with E-state index < -0.39 is 19.4 Å². The first-order chi connectivity index (χ1) is 19.1. The number of aryl methyl sites for hydroxylation is 1. The van der Waals surface area contributed by atoms with Gasteiger partial charge in [-0.1, -0.05) is 67.6 Å². The van der Waals surface area contributed by atoms with E-state index in [2.05, 4.69) is 24.6 Å². The van der Waals surface area contributed by atoms with Crippen molar-refractivity contribution >= 4 is 53.5 Å². The molecule has 0 unspecified atom stereocenters. The topological polar surface area (TPSA) is 77.0 Å². The summed E-state index contributed by atoms with van der Waals surface area (Å²) < 4.78 is 8.01. The van der Waals surface area contributed by atoms with E-state index in [1.54, 1.807) is 24.3 Å². The summed E-state index contributed by atoms with van der Waals surface area (Å²) in [7, 11) is -1.23. The van der Waals surface area contributed by atoms with Crippen LogP contribution < -0.4 is 5.56 Å². The van der Waals surface area contributed by atoms with Gasteiger partial charge < -0.3 is 14.3 Å². The second-order valence-electron chi connectivity index (χ2n) is 11.2. The summed E-state index contributed by atoms with van der Waals surface area (Å²) in [5, 5.41) is 1.22. The maximum atomic E-state index is 13.7. The van der Waals surface area contributed by atoms with E-state index in [0.717, 1.165) is 28.2 Å². The molecule has 0 aliphatic rings. The van der Waals surface area contributed by atoms with E-state index in [0.29, 0.717) is 40.7 Å². The molecule has 0 amide bonds. The van der Waals surface area contributed by atoms with Crippen LogP contribution >= 0.6 is 11.6 Å². The van der Waals surface area contributed by atoms with E-state index in [4.69, 9.17) is 21.3 Å². The highest BCUT2D eigenvalue weighted by Gasteiger charge is 2.20. The van der Waals surface area contributed by atoms with Gasteiger partial charge in [0.15, 0.2) is 5.78 Å². The lowest BCUT2D eigenvalue weighted by molar-refractivity contribution is 0.0894. The highest BCUT2D eigenvalue weighted by atomic mass is 35.5. The molecule has 3 aromatic carbocycles. The van der Waals surface area contributed by atoms with Gasteiger partial charge in [-0.15, -0.1) is 0 Å². The third-order valence-corrected chi connectivity index (χ3v) is 8.76. The normalized spacial score (nSPS) is 12.1. The van der Waals surface area contributed by atoms with Gasteiger partial charge in [0.1, 0.15) is 12.6 Å². The van der Waals surface area contributed by atoms with Crippen LogP contribution in [0.1, 0.15) is 21.7 Å². The van der Waals surface area contributed by atoms with Crippen LogP contribution in [0, 0.1) is 6.92 Å². The molecule has 0 aliphatic carbocycles. The monoisotopic (exact) mass is 569 g/mol. The van der Waals surface area contributed by atoms with Crippen LogP contribution in [0.5, 0.6) is 0 Å². The molecule has 0 saturated carbocycles. The minimum absolute atomic E-state index is 0.0575. The van der Waals surface area contributed by atoms with Gasteiger partial charge in [0.25, 0.3) is 5.56 Å². The van der Waals surface area contributed by atoms with E-state index in [1.807, 2.05) is 60.0 Å². The third kappa shape index (κ3) is 6.02. The molecule has 0 fully saturated rings. The molecule has 0 bridgehead atoms. The Morgan fingerprint density at radius 3 is 2.60 bits per heavy atom. The van der Waals surface area contributed by atoms with Crippen LogP contribution in [-0.2, 0) is 11.5 Å². The number of nitrogens with zero attached hydrogens (tertiary/aromatic N) is 2. The van der Waals surface area contributed by atoms with Gasteiger partial charge >= 0.3 is 0 Å². The molecule has 0 atom stereocenters. The Bertz CT molecular complexity index is 1800. The number of halogens is 1. The van der Waals surface area contributed by atoms with Crippen molar-refractivity contribution in [3.63, 3.8) is 0 Å². The molecule has 0 saturated heterocycles. The first-order valence-corrected chi connectivity index (χ1v) is 17.4. The zero-order valence-corrected chi connectivity index (χ0v) is 24.9. The van der Waals surface area contributed by atoms with Crippen LogP contribution in [0.15, 0.2) is 77.6 Å². The van der Waals surface area contributed by atoms with Crippen molar-refractivity contribution in [2.75, 3.05) is 6.61 Å². The zero-order valence-electron chi connectivity index (χ0n) is 23.1. The van der Waals surface area contributed by atoms with Gasteiger partial charge in [0.05, 0.1) is 16.6 Å². The number of H-pyrrole nitrogens is 1. The highest BCUT2D eigenvalue weighted by molar-refractivity contribution is 6.76. The number of ketones is 1. The Morgan fingerprint density at radius 2 is 1.85 bits per heavy atom. The van der Waals surface area contributed by atoms with Gasteiger partial charge in [0.2, 0.25) is 0 Å². The van der Waals surface area contributed by atoms with Crippen molar-refractivity contribution in [1.29, 1.82) is 0 Å². The number of aromatic amines is 1. The average Bonchev–Trinajstić information content (AvgIpc) is 3.25. The standard InChI is InChI=1S/C32H32ClN3O3Si/c1-21-10-13-27-26(18-21)34-29(36(27)20-39-16-17-40(2,3)4)15-14-28(37)31-30(22-8-6-5-7-9-22)24-19-23(33)11-12-25(24)35-32(31)38/h5-15,18-19H,16-17,20H2,1-4H3,(H,35,38)/b15-14+. The number of nitrogens with one attached hydrogen (secondary N) is 1.